The van der Waals surface area contributed by atoms with Gasteiger partial charge in [0.2, 0.25) is 0 Å². The van der Waals surface area contributed by atoms with E-state index >= 15 is 0 Å². The summed E-state index contributed by atoms with van der Waals surface area (Å²) >= 11 is 0. The third-order valence-corrected chi connectivity index (χ3v) is 14.2. The molecule has 11 aromatic rings. The van der Waals surface area contributed by atoms with Gasteiger partial charge in [-0.25, -0.2) is 0 Å². The molecule has 0 spiro atoms. The lowest BCUT2D eigenvalue weighted by Gasteiger charge is -2.42. The largest absolute Gasteiger partial charge is 0.375 e. The molecule has 3 heterocycles. The third-order valence-electron chi connectivity index (χ3n) is 14.2. The van der Waals surface area contributed by atoms with Crippen LogP contribution in [0.5, 0.6) is 0 Å². The lowest BCUT2D eigenvalue weighted by Crippen LogP contribution is -2.56. The van der Waals surface area contributed by atoms with Crippen LogP contribution in [-0.2, 0) is 5.41 Å². The number of nitrogens with zero attached hydrogens (tertiary/aromatic N) is 4. The van der Waals surface area contributed by atoms with E-state index in [2.05, 4.69) is 283 Å². The van der Waals surface area contributed by atoms with E-state index in [1.165, 1.54) is 60.5 Å². The molecule has 0 bridgehead atoms. The van der Waals surface area contributed by atoms with Crippen molar-refractivity contribution in [2.45, 2.75) is 26.2 Å². The van der Waals surface area contributed by atoms with E-state index in [4.69, 9.17) is 0 Å². The van der Waals surface area contributed by atoms with E-state index in [1.807, 2.05) is 0 Å². The Morgan fingerprint density at radius 3 is 1.52 bits per heavy atom. The topological polar surface area (TPSA) is 14.7 Å². The Balaban J connectivity index is 1.18. The molecule has 328 valence electrons. The van der Waals surface area contributed by atoms with Gasteiger partial charge < -0.3 is 19.2 Å². The minimum absolute atomic E-state index is 0.0598. The highest BCUT2D eigenvalue weighted by Crippen LogP contribution is 2.51. The van der Waals surface area contributed by atoms with Gasteiger partial charge in [-0.15, -0.1) is 0 Å². The molecule has 2 aliphatic heterocycles. The van der Waals surface area contributed by atoms with E-state index in [9.17, 15) is 0 Å². The Kier molecular flexibility index (Phi) is 9.48. The summed E-state index contributed by atoms with van der Waals surface area (Å²) in [5.41, 5.74) is 21.2. The number of aromatic nitrogens is 1. The van der Waals surface area contributed by atoms with Crippen molar-refractivity contribution in [1.82, 2.24) is 4.48 Å². The predicted molar refractivity (Wildman–Crippen MR) is 293 cm³/mol. The standard InChI is InChI=1S/C64H49BN4/c1-64(2,3)45-36-38-58(55(40-45)44-22-9-4-10-23-44)68-60-39-37-50(66(46-24-11-5-12-25-46)47-26-13-6-14-27-47)42-57(60)65-62-56(54-34-21-33-53-52-32-19-20-35-59(52)69(65)63(53)54)41-51(43-61(62)68)67(48-28-15-7-16-29-48)49-30-17-8-18-31-49/h4-43H,1-3H3. The highest BCUT2D eigenvalue weighted by atomic mass is 15.2. The molecular formula is C64H49BN4. The summed E-state index contributed by atoms with van der Waals surface area (Å²) in [5.74, 6) is 0. The molecule has 69 heavy (non-hydrogen) atoms. The minimum atomic E-state index is -0.156. The Labute approximate surface area is 404 Å². The van der Waals surface area contributed by atoms with Gasteiger partial charge in [-0.1, -0.05) is 166 Å². The average molecular weight is 885 g/mol. The fourth-order valence-corrected chi connectivity index (χ4v) is 11.2. The van der Waals surface area contributed by atoms with Crippen LogP contribution in [0.15, 0.2) is 243 Å². The van der Waals surface area contributed by atoms with E-state index < -0.39 is 0 Å². The molecule has 0 unspecified atom stereocenters. The Hall–Kier alpha value is -8.54. The highest BCUT2D eigenvalue weighted by Gasteiger charge is 2.44. The second kappa shape index (κ2) is 16.1. The number of hydrogen-bond acceptors (Lipinski definition) is 3. The van der Waals surface area contributed by atoms with E-state index in [0.717, 1.165) is 51.2 Å². The van der Waals surface area contributed by atoms with Crippen molar-refractivity contribution in [2.24, 2.45) is 0 Å². The molecule has 4 nitrogen and oxygen atoms in total. The Morgan fingerprint density at radius 2 is 0.913 bits per heavy atom. The van der Waals surface area contributed by atoms with Gasteiger partial charge in [0.05, 0.1) is 5.69 Å². The zero-order chi connectivity index (χ0) is 46.2. The number of para-hydroxylation sites is 6. The summed E-state index contributed by atoms with van der Waals surface area (Å²) in [5, 5.41) is 2.53. The van der Waals surface area contributed by atoms with Gasteiger partial charge in [-0.05, 0) is 130 Å². The van der Waals surface area contributed by atoms with Gasteiger partial charge in [0.1, 0.15) is 0 Å². The summed E-state index contributed by atoms with van der Waals surface area (Å²) in [4.78, 5) is 7.41. The second-order valence-electron chi connectivity index (χ2n) is 19.4. The van der Waals surface area contributed by atoms with E-state index in [1.54, 1.807) is 0 Å². The molecule has 0 aliphatic carbocycles. The van der Waals surface area contributed by atoms with E-state index in [0.29, 0.717) is 0 Å². The van der Waals surface area contributed by atoms with Crippen molar-refractivity contribution in [3.63, 3.8) is 0 Å². The number of fused-ring (bicyclic) bond motifs is 7. The summed E-state index contributed by atoms with van der Waals surface area (Å²) in [7, 11) is 0. The monoisotopic (exact) mass is 884 g/mol. The van der Waals surface area contributed by atoms with Crippen LogP contribution in [0.1, 0.15) is 26.3 Å². The molecule has 0 atom stereocenters. The smallest absolute Gasteiger partial charge is 0.333 e. The fourth-order valence-electron chi connectivity index (χ4n) is 11.2. The maximum Gasteiger partial charge on any atom is 0.333 e. The van der Waals surface area contributed by atoms with Crippen LogP contribution in [0.2, 0.25) is 0 Å². The van der Waals surface area contributed by atoms with Crippen molar-refractivity contribution in [1.29, 1.82) is 0 Å². The molecule has 0 saturated carbocycles. The first-order valence-electron chi connectivity index (χ1n) is 24.1. The first kappa shape index (κ1) is 40.7. The molecule has 13 rings (SSSR count). The van der Waals surface area contributed by atoms with Crippen LogP contribution in [0.25, 0.3) is 44.1 Å². The van der Waals surface area contributed by atoms with Crippen LogP contribution in [0, 0.1) is 0 Å². The average Bonchev–Trinajstić information content (AvgIpc) is 3.73. The van der Waals surface area contributed by atoms with Gasteiger partial charge in [0, 0.05) is 78.4 Å². The Bertz CT molecular complexity index is 3630. The van der Waals surface area contributed by atoms with Crippen molar-refractivity contribution < 1.29 is 0 Å². The van der Waals surface area contributed by atoms with Gasteiger partial charge >= 0.3 is 6.85 Å². The number of rotatable bonds is 8. The molecule has 10 aromatic carbocycles. The first-order chi connectivity index (χ1) is 33.9. The number of hydrogen-bond donors (Lipinski definition) is 0. The lowest BCUT2D eigenvalue weighted by atomic mass is 9.45. The molecule has 1 aromatic heterocycles. The van der Waals surface area contributed by atoms with Crippen LogP contribution in [-0.4, -0.2) is 11.3 Å². The predicted octanol–water partition coefficient (Wildman–Crippen LogP) is 16.1. The molecule has 0 radical (unpaired) electrons. The number of anilines is 9. The summed E-state index contributed by atoms with van der Waals surface area (Å²) < 4.78 is 2.66. The maximum atomic E-state index is 2.66. The van der Waals surface area contributed by atoms with Gasteiger partial charge in [-0.3, -0.25) is 0 Å². The van der Waals surface area contributed by atoms with Crippen LogP contribution in [0.3, 0.4) is 0 Å². The summed E-state index contributed by atoms with van der Waals surface area (Å²) in [6.45, 7) is 6.78. The highest BCUT2D eigenvalue weighted by molar-refractivity contribution is 6.90. The number of benzene rings is 10. The second-order valence-corrected chi connectivity index (χ2v) is 19.4. The molecule has 0 N–H and O–H groups in total. The van der Waals surface area contributed by atoms with Crippen molar-refractivity contribution >= 4 is 90.8 Å². The van der Waals surface area contributed by atoms with Gasteiger partial charge in [0.25, 0.3) is 0 Å². The van der Waals surface area contributed by atoms with E-state index in [-0.39, 0.29) is 12.3 Å². The normalized spacial score (nSPS) is 12.5. The molecule has 0 fully saturated rings. The third kappa shape index (κ3) is 6.60. The molecule has 2 aliphatic rings. The molecule has 0 saturated heterocycles. The summed E-state index contributed by atoms with van der Waals surface area (Å²) in [6.07, 6.45) is 0. The quantitative estimate of drug-likeness (QED) is 0.141. The zero-order valence-corrected chi connectivity index (χ0v) is 39.0. The fraction of sp³-hybridized carbons (Fsp3) is 0.0625. The maximum absolute atomic E-state index is 2.66. The first-order valence-corrected chi connectivity index (χ1v) is 24.1. The van der Waals surface area contributed by atoms with Crippen molar-refractivity contribution in [2.75, 3.05) is 14.7 Å². The lowest BCUT2D eigenvalue weighted by molar-refractivity contribution is 0.590. The zero-order valence-electron chi connectivity index (χ0n) is 39.0. The molecular weight excluding hydrogens is 836 g/mol. The van der Waals surface area contributed by atoms with Crippen LogP contribution >= 0.6 is 0 Å². The van der Waals surface area contributed by atoms with Gasteiger partial charge in [0.15, 0.2) is 0 Å². The van der Waals surface area contributed by atoms with Crippen molar-refractivity contribution in [3.8, 4) is 22.3 Å². The minimum Gasteiger partial charge on any atom is -0.375 e. The summed E-state index contributed by atoms with van der Waals surface area (Å²) in [6, 6.07) is 89.4. The van der Waals surface area contributed by atoms with Crippen molar-refractivity contribution in [3.05, 3.63) is 248 Å². The SMILES string of the molecule is CC(C)(C)c1ccc(N2c3ccc(N(c4ccccc4)c4ccccc4)cc3B3c4c(cc(N(c5ccccc5)c5ccccc5)cc42)-c2cccc4c5ccccc5n3c24)c(-c2ccccc2)c1. The van der Waals surface area contributed by atoms with Crippen LogP contribution < -0.4 is 25.6 Å². The Morgan fingerprint density at radius 1 is 0.377 bits per heavy atom. The molecule has 5 heteroatoms. The van der Waals surface area contributed by atoms with Crippen LogP contribution in [0.4, 0.5) is 51.2 Å². The molecule has 0 amide bonds. The van der Waals surface area contributed by atoms with Gasteiger partial charge in [-0.2, -0.15) is 0 Å².